The fourth-order valence-electron chi connectivity index (χ4n) is 2.44. The number of hydrogen-bond donors (Lipinski definition) is 0. The second-order valence-electron chi connectivity index (χ2n) is 5.11. The summed E-state index contributed by atoms with van der Waals surface area (Å²) in [6.07, 6.45) is 0. The van der Waals surface area contributed by atoms with E-state index in [9.17, 15) is 0 Å². The van der Waals surface area contributed by atoms with Crippen LogP contribution in [0.3, 0.4) is 0 Å². The van der Waals surface area contributed by atoms with E-state index in [4.69, 9.17) is 0 Å². The fourth-order valence-corrected chi connectivity index (χ4v) is 4.74. The number of benzene rings is 2. The van der Waals surface area contributed by atoms with Crippen LogP contribution in [0.15, 0.2) is 115 Å². The van der Waals surface area contributed by atoms with E-state index >= 15 is 0 Å². The Labute approximate surface area is 180 Å². The van der Waals surface area contributed by atoms with Gasteiger partial charge in [-0.3, -0.25) is 0 Å². The van der Waals surface area contributed by atoms with Gasteiger partial charge in [-0.2, -0.15) is 30.3 Å². The molecule has 0 heterocycles. The van der Waals surface area contributed by atoms with Crippen molar-refractivity contribution in [2.75, 3.05) is 0 Å². The van der Waals surface area contributed by atoms with Crippen molar-refractivity contribution in [3.05, 3.63) is 115 Å². The van der Waals surface area contributed by atoms with Gasteiger partial charge in [-0.15, -0.1) is 30.1 Å². The summed E-state index contributed by atoms with van der Waals surface area (Å²) in [7, 11) is -0.409. The van der Waals surface area contributed by atoms with Gasteiger partial charge in [0.25, 0.3) is 0 Å². The Kier molecular flexibility index (Phi) is 13.1. The van der Waals surface area contributed by atoms with Crippen molar-refractivity contribution in [1.29, 1.82) is 0 Å². The van der Waals surface area contributed by atoms with Crippen molar-refractivity contribution in [3.8, 4) is 0 Å². The molecule has 0 saturated carbocycles. The predicted molar refractivity (Wildman–Crippen MR) is 117 cm³/mol. The Morgan fingerprint density at radius 1 is 0.538 bits per heavy atom. The smallest absolute Gasteiger partial charge is 0.214 e. The minimum absolute atomic E-state index is 0. The van der Waals surface area contributed by atoms with Crippen LogP contribution in [0.1, 0.15) is 0 Å². The minimum Gasteiger partial charge on any atom is -0.214 e. The third-order valence-corrected chi connectivity index (χ3v) is 5.93. The summed E-state index contributed by atoms with van der Waals surface area (Å²) in [4.78, 5) is 0. The molecule has 136 valence electrons. The van der Waals surface area contributed by atoms with Gasteiger partial charge in [0.05, 0.1) is 0 Å². The summed E-state index contributed by atoms with van der Waals surface area (Å²) >= 11 is 0. The van der Waals surface area contributed by atoms with E-state index in [-0.39, 0.29) is 41.9 Å². The van der Waals surface area contributed by atoms with Crippen molar-refractivity contribution in [3.63, 3.8) is 0 Å². The van der Waals surface area contributed by atoms with Gasteiger partial charge in [-0.1, -0.05) is 60.7 Å². The molecular formula is C22H21Cl2FeP. The van der Waals surface area contributed by atoms with Crippen LogP contribution in [0.5, 0.6) is 0 Å². The van der Waals surface area contributed by atoms with Gasteiger partial charge >= 0.3 is 17.1 Å². The molecule has 0 amide bonds. The van der Waals surface area contributed by atoms with Crippen molar-refractivity contribution < 1.29 is 17.1 Å². The van der Waals surface area contributed by atoms with Gasteiger partial charge in [0.2, 0.25) is 0 Å². The maximum absolute atomic E-state index is 2.23. The topological polar surface area (TPSA) is 0 Å². The van der Waals surface area contributed by atoms with Gasteiger partial charge in [-0.05, 0) is 18.5 Å². The molecule has 0 spiro atoms. The van der Waals surface area contributed by atoms with Crippen molar-refractivity contribution in [2.24, 2.45) is 0 Å². The predicted octanol–water partition coefficient (Wildman–Crippen LogP) is 5.41. The maximum Gasteiger partial charge on any atom is 2.00 e. The zero-order valence-corrected chi connectivity index (χ0v) is 17.7. The van der Waals surface area contributed by atoms with Gasteiger partial charge in [0.1, 0.15) is 0 Å². The first kappa shape index (κ1) is 24.7. The van der Waals surface area contributed by atoms with Crippen molar-refractivity contribution >= 4 is 48.6 Å². The largest absolute Gasteiger partial charge is 2.00 e. The first-order valence-corrected chi connectivity index (χ1v) is 9.08. The van der Waals surface area contributed by atoms with E-state index in [1.165, 1.54) is 15.9 Å². The molecule has 0 nitrogen and oxygen atoms in total. The molecule has 0 atom stereocenters. The van der Waals surface area contributed by atoms with Crippen LogP contribution in [0, 0.1) is 0 Å². The molecule has 4 heteroatoms. The summed E-state index contributed by atoms with van der Waals surface area (Å²) in [5.41, 5.74) is 0. The molecular weight excluding hydrogens is 422 g/mol. The van der Waals surface area contributed by atoms with Crippen molar-refractivity contribution in [2.45, 2.75) is 0 Å². The van der Waals surface area contributed by atoms with Crippen LogP contribution < -0.4 is 15.9 Å². The van der Waals surface area contributed by atoms with Crippen LogP contribution in [0.2, 0.25) is 0 Å². The summed E-state index contributed by atoms with van der Waals surface area (Å²) < 4.78 is 0. The SMILES string of the molecule is Cl.Cl.[Fe+2].c1cc[cH-]c1.c1ccc(P(c2ccccc2)c2ccc[cH-]2)cc1. The Bertz CT molecular complexity index is 713. The second-order valence-corrected chi connectivity index (χ2v) is 7.33. The van der Waals surface area contributed by atoms with Crippen molar-refractivity contribution in [1.82, 2.24) is 0 Å². The Morgan fingerprint density at radius 3 is 1.38 bits per heavy atom. The summed E-state index contributed by atoms with van der Waals surface area (Å²) in [5.74, 6) is 0. The van der Waals surface area contributed by atoms with E-state index in [0.717, 1.165) is 0 Å². The number of halogens is 2. The molecule has 0 saturated heterocycles. The Hall–Kier alpha value is -1.33. The number of rotatable bonds is 3. The van der Waals surface area contributed by atoms with E-state index < -0.39 is 7.92 Å². The molecule has 4 rings (SSSR count). The average Bonchev–Trinajstić information content (AvgIpc) is 3.34. The van der Waals surface area contributed by atoms with E-state index in [1.54, 1.807) is 0 Å². The van der Waals surface area contributed by atoms with Gasteiger partial charge < -0.3 is 0 Å². The molecule has 0 unspecified atom stereocenters. The van der Waals surface area contributed by atoms with Crippen LogP contribution >= 0.6 is 32.7 Å². The van der Waals surface area contributed by atoms with Crippen LogP contribution in [0.25, 0.3) is 0 Å². The first-order valence-electron chi connectivity index (χ1n) is 7.74. The molecule has 0 aliphatic rings. The molecule has 4 aromatic rings. The molecule has 26 heavy (non-hydrogen) atoms. The maximum atomic E-state index is 2.23. The summed E-state index contributed by atoms with van der Waals surface area (Å²) in [5, 5.41) is 4.23. The average molecular weight is 443 g/mol. The minimum atomic E-state index is -0.409. The Balaban J connectivity index is 0.000000685. The summed E-state index contributed by atoms with van der Waals surface area (Å²) in [6.45, 7) is 0. The van der Waals surface area contributed by atoms with Crippen LogP contribution in [-0.2, 0) is 17.1 Å². The zero-order chi connectivity index (χ0) is 15.7. The molecule has 4 aromatic carbocycles. The van der Waals surface area contributed by atoms with Gasteiger partial charge in [0, 0.05) is 0 Å². The van der Waals surface area contributed by atoms with Crippen LogP contribution in [-0.4, -0.2) is 0 Å². The molecule has 0 fully saturated rings. The summed E-state index contributed by atoms with van der Waals surface area (Å²) in [6, 6.07) is 40.2. The monoisotopic (exact) mass is 442 g/mol. The third-order valence-electron chi connectivity index (χ3n) is 3.49. The molecule has 0 aliphatic heterocycles. The zero-order valence-electron chi connectivity index (χ0n) is 14.1. The van der Waals surface area contributed by atoms with Crippen LogP contribution in [0.4, 0.5) is 0 Å². The van der Waals surface area contributed by atoms with E-state index in [1.807, 2.05) is 30.3 Å². The second kappa shape index (κ2) is 13.8. The molecule has 0 radical (unpaired) electrons. The first-order chi connectivity index (χ1) is 11.4. The molecule has 0 bridgehead atoms. The normalized spacial score (nSPS) is 8.96. The molecule has 0 N–H and O–H groups in total. The molecule has 0 aromatic heterocycles. The molecule has 0 aliphatic carbocycles. The quantitative estimate of drug-likeness (QED) is 0.226. The van der Waals surface area contributed by atoms with E-state index in [2.05, 4.69) is 84.9 Å². The number of hydrogen-bond acceptors (Lipinski definition) is 0. The fraction of sp³-hybridized carbons (Fsp3) is 0. The third kappa shape index (κ3) is 7.12. The van der Waals surface area contributed by atoms with Gasteiger partial charge in [0.15, 0.2) is 0 Å². The van der Waals surface area contributed by atoms with E-state index in [0.29, 0.717) is 0 Å². The van der Waals surface area contributed by atoms with Gasteiger partial charge in [-0.25, -0.2) is 24.3 Å². The Morgan fingerprint density at radius 2 is 1.04 bits per heavy atom. The standard InChI is InChI=1S/C17H14P.C5H5.2ClH.Fe/c1-3-9-15(10-4-1)18(17-13-7-8-14-17)16-11-5-2-6-12-16;1-2-4-5-3-1;;;/h1-14H;1-5H;2*1H;/q2*-1;;;+2.